The summed E-state index contributed by atoms with van der Waals surface area (Å²) in [5.41, 5.74) is 4.01. The second-order valence-corrected chi connectivity index (χ2v) is 5.69. The van der Waals surface area contributed by atoms with Crippen molar-refractivity contribution in [1.29, 1.82) is 5.26 Å². The molecule has 0 aromatic heterocycles. The first-order valence-electron chi connectivity index (χ1n) is 7.34. The highest BCUT2D eigenvalue weighted by molar-refractivity contribution is 5.41. The van der Waals surface area contributed by atoms with E-state index in [9.17, 15) is 5.26 Å². The predicted molar refractivity (Wildman–Crippen MR) is 81.6 cm³/mol. The minimum Gasteiger partial charge on any atom is -0.198 e. The molecule has 100 valence electrons. The molecule has 3 rings (SSSR count). The molecule has 1 aliphatic rings. The van der Waals surface area contributed by atoms with E-state index < -0.39 is 0 Å². The monoisotopic (exact) mass is 261 g/mol. The number of hydrogen-bond donors (Lipinski definition) is 0. The fraction of sp³-hybridized carbons (Fsp3) is 0.316. The summed E-state index contributed by atoms with van der Waals surface area (Å²) in [7, 11) is 0. The maximum atomic E-state index is 9.33. The van der Waals surface area contributed by atoms with Gasteiger partial charge in [-0.2, -0.15) is 5.26 Å². The number of rotatable bonds is 2. The van der Waals surface area contributed by atoms with E-state index in [4.69, 9.17) is 0 Å². The molecule has 2 aromatic rings. The number of nitrogens with zero attached hydrogens (tertiary/aromatic N) is 1. The van der Waals surface area contributed by atoms with Crippen LogP contribution in [0.1, 0.15) is 54.2 Å². The van der Waals surface area contributed by atoms with E-state index in [1.165, 1.54) is 16.7 Å². The van der Waals surface area contributed by atoms with Gasteiger partial charge in [-0.05, 0) is 41.4 Å². The summed E-state index contributed by atoms with van der Waals surface area (Å²) in [6.07, 6.45) is 2.08. The van der Waals surface area contributed by atoms with Crippen LogP contribution in [-0.4, -0.2) is 0 Å². The Labute approximate surface area is 120 Å². The topological polar surface area (TPSA) is 23.8 Å². The minimum absolute atomic E-state index is 0.0745. The molecule has 0 saturated heterocycles. The van der Waals surface area contributed by atoms with Crippen LogP contribution in [0.2, 0.25) is 0 Å². The molecule has 0 saturated carbocycles. The van der Waals surface area contributed by atoms with E-state index in [-0.39, 0.29) is 5.92 Å². The van der Waals surface area contributed by atoms with Gasteiger partial charge in [0.05, 0.1) is 12.0 Å². The summed E-state index contributed by atoms with van der Waals surface area (Å²) in [5.74, 6) is 1.10. The van der Waals surface area contributed by atoms with E-state index in [0.717, 1.165) is 12.8 Å². The highest BCUT2D eigenvalue weighted by atomic mass is 14.4. The maximum absolute atomic E-state index is 9.33. The fourth-order valence-electron chi connectivity index (χ4n) is 3.47. The van der Waals surface area contributed by atoms with E-state index in [0.29, 0.717) is 11.8 Å². The first kappa shape index (κ1) is 12.9. The van der Waals surface area contributed by atoms with Gasteiger partial charge in [0.15, 0.2) is 0 Å². The summed E-state index contributed by atoms with van der Waals surface area (Å²) < 4.78 is 0. The summed E-state index contributed by atoms with van der Waals surface area (Å²) in [6, 6.07) is 21.7. The number of hydrogen-bond acceptors (Lipinski definition) is 1. The molecule has 3 atom stereocenters. The van der Waals surface area contributed by atoms with Gasteiger partial charge in [0.2, 0.25) is 0 Å². The van der Waals surface area contributed by atoms with E-state index in [2.05, 4.69) is 67.6 Å². The third kappa shape index (κ3) is 2.23. The zero-order valence-corrected chi connectivity index (χ0v) is 11.8. The van der Waals surface area contributed by atoms with Crippen molar-refractivity contribution in [3.05, 3.63) is 71.3 Å². The maximum Gasteiger partial charge on any atom is 0.0715 e. The van der Waals surface area contributed by atoms with Crippen LogP contribution in [0.15, 0.2) is 54.6 Å². The zero-order valence-electron chi connectivity index (χ0n) is 11.8. The summed E-state index contributed by atoms with van der Waals surface area (Å²) in [4.78, 5) is 0. The van der Waals surface area contributed by atoms with Gasteiger partial charge in [0.25, 0.3) is 0 Å². The lowest BCUT2D eigenvalue weighted by Crippen LogP contribution is -2.18. The third-order valence-electron chi connectivity index (χ3n) is 4.62. The number of fused-ring (bicyclic) bond motifs is 1. The highest BCUT2D eigenvalue weighted by Gasteiger charge is 2.30. The smallest absolute Gasteiger partial charge is 0.0715 e. The Bertz CT molecular complexity index is 624. The van der Waals surface area contributed by atoms with Crippen molar-refractivity contribution in [3.63, 3.8) is 0 Å². The van der Waals surface area contributed by atoms with Gasteiger partial charge < -0.3 is 0 Å². The molecule has 0 radical (unpaired) electrons. The lowest BCUT2D eigenvalue weighted by Gasteiger charge is -2.32. The van der Waals surface area contributed by atoms with Crippen molar-refractivity contribution in [3.8, 4) is 6.07 Å². The fourth-order valence-corrected chi connectivity index (χ4v) is 3.47. The average molecular weight is 261 g/mol. The van der Waals surface area contributed by atoms with Gasteiger partial charge in [-0.15, -0.1) is 0 Å². The van der Waals surface area contributed by atoms with Gasteiger partial charge >= 0.3 is 0 Å². The highest BCUT2D eigenvalue weighted by Crippen LogP contribution is 2.45. The van der Waals surface area contributed by atoms with Crippen molar-refractivity contribution < 1.29 is 0 Å². The summed E-state index contributed by atoms with van der Waals surface area (Å²) in [6.45, 7) is 2.31. The molecule has 3 unspecified atom stereocenters. The third-order valence-corrected chi connectivity index (χ3v) is 4.62. The van der Waals surface area contributed by atoms with Crippen LogP contribution >= 0.6 is 0 Å². The van der Waals surface area contributed by atoms with Crippen LogP contribution in [0, 0.1) is 11.3 Å². The van der Waals surface area contributed by atoms with E-state index in [1.807, 2.05) is 0 Å². The first-order valence-corrected chi connectivity index (χ1v) is 7.34. The Kier molecular flexibility index (Phi) is 3.56. The van der Waals surface area contributed by atoms with Crippen molar-refractivity contribution in [2.45, 2.75) is 37.5 Å². The average Bonchev–Trinajstić information content (AvgIpc) is 2.54. The van der Waals surface area contributed by atoms with Crippen LogP contribution in [0.25, 0.3) is 0 Å². The Balaban J connectivity index is 1.98. The van der Waals surface area contributed by atoms with E-state index >= 15 is 0 Å². The molecule has 0 spiro atoms. The second kappa shape index (κ2) is 5.51. The largest absolute Gasteiger partial charge is 0.198 e. The van der Waals surface area contributed by atoms with Crippen LogP contribution in [0.3, 0.4) is 0 Å². The molecule has 0 amide bonds. The lowest BCUT2D eigenvalue weighted by atomic mass is 9.71. The Morgan fingerprint density at radius 1 is 0.950 bits per heavy atom. The first-order chi connectivity index (χ1) is 9.81. The van der Waals surface area contributed by atoms with Crippen LogP contribution in [0.4, 0.5) is 0 Å². The van der Waals surface area contributed by atoms with Crippen LogP contribution in [0.5, 0.6) is 0 Å². The van der Waals surface area contributed by atoms with Crippen LogP contribution in [-0.2, 0) is 0 Å². The predicted octanol–water partition coefficient (Wildman–Crippen LogP) is 4.97. The van der Waals surface area contributed by atoms with Gasteiger partial charge in [-0.1, -0.05) is 61.5 Å². The van der Waals surface area contributed by atoms with Crippen molar-refractivity contribution in [2.75, 3.05) is 0 Å². The molecule has 0 fully saturated rings. The molecule has 0 heterocycles. The van der Waals surface area contributed by atoms with Gasteiger partial charge in [0.1, 0.15) is 0 Å². The minimum atomic E-state index is 0.0745. The Morgan fingerprint density at radius 3 is 2.30 bits per heavy atom. The number of nitriles is 1. The van der Waals surface area contributed by atoms with Crippen LogP contribution < -0.4 is 0 Å². The Morgan fingerprint density at radius 2 is 1.60 bits per heavy atom. The molecule has 0 N–H and O–H groups in total. The molecule has 1 heteroatoms. The zero-order chi connectivity index (χ0) is 13.9. The molecule has 0 bridgehead atoms. The van der Waals surface area contributed by atoms with Gasteiger partial charge in [0, 0.05) is 0 Å². The summed E-state index contributed by atoms with van der Waals surface area (Å²) >= 11 is 0. The van der Waals surface area contributed by atoms with Gasteiger partial charge in [-0.25, -0.2) is 0 Å². The molecule has 1 aliphatic carbocycles. The van der Waals surface area contributed by atoms with Crippen molar-refractivity contribution in [1.82, 2.24) is 0 Å². The SMILES string of the molecule is CC(c1ccccc1)C1CCC(C#N)c2ccccc21. The molecule has 20 heavy (non-hydrogen) atoms. The van der Waals surface area contributed by atoms with Gasteiger partial charge in [-0.3, -0.25) is 0 Å². The lowest BCUT2D eigenvalue weighted by molar-refractivity contribution is 0.471. The molecule has 0 aliphatic heterocycles. The van der Waals surface area contributed by atoms with Crippen molar-refractivity contribution in [2.24, 2.45) is 0 Å². The van der Waals surface area contributed by atoms with Crippen molar-refractivity contribution >= 4 is 0 Å². The van der Waals surface area contributed by atoms with E-state index in [1.54, 1.807) is 0 Å². The standard InChI is InChI=1S/C19H19N/c1-14(15-7-3-2-4-8-15)17-12-11-16(13-20)18-9-5-6-10-19(17)18/h2-10,14,16-17H,11-12H2,1H3. The quantitative estimate of drug-likeness (QED) is 0.748. The molecule has 2 aromatic carbocycles. The Hall–Kier alpha value is -2.07. The second-order valence-electron chi connectivity index (χ2n) is 5.69. The normalized spacial score (nSPS) is 22.6. The summed E-state index contributed by atoms with van der Waals surface area (Å²) in [5, 5.41) is 9.33. The molecular formula is C19H19N. The molecule has 1 nitrogen and oxygen atoms in total. The molecular weight excluding hydrogens is 242 g/mol. The number of benzene rings is 2.